The van der Waals surface area contributed by atoms with Gasteiger partial charge >= 0.3 is 44.1 Å². The van der Waals surface area contributed by atoms with Gasteiger partial charge in [0.25, 0.3) is 0 Å². The average Bonchev–Trinajstić information content (AvgIpc) is 1.38. The minimum Gasteiger partial charge on any atom is -0.147 e. The SMILES string of the molecule is CC(C)[O][Ti].Cl.Cl. The van der Waals surface area contributed by atoms with E-state index in [9.17, 15) is 0 Å². The summed E-state index contributed by atoms with van der Waals surface area (Å²) in [5, 5.41) is 0. The van der Waals surface area contributed by atoms with Gasteiger partial charge in [-0.05, 0) is 0 Å². The Morgan fingerprint density at radius 3 is 1.43 bits per heavy atom. The van der Waals surface area contributed by atoms with Crippen LogP contribution in [0, 0.1) is 0 Å². The summed E-state index contributed by atoms with van der Waals surface area (Å²) >= 11 is 1.70. The first-order chi connectivity index (χ1) is 2.27. The third kappa shape index (κ3) is 18.9. The zero-order chi connectivity index (χ0) is 4.28. The Hall–Kier alpha value is 1.25. The van der Waals surface area contributed by atoms with Gasteiger partial charge in [-0.25, -0.2) is 0 Å². The molecule has 0 aromatic heterocycles. The summed E-state index contributed by atoms with van der Waals surface area (Å²) in [5.41, 5.74) is 0. The quantitative estimate of drug-likeness (QED) is 0.558. The molecule has 0 saturated heterocycles. The van der Waals surface area contributed by atoms with Gasteiger partial charge in [-0.1, -0.05) is 0 Å². The largest absolute Gasteiger partial charge is 0.147 e. The van der Waals surface area contributed by atoms with Crippen molar-refractivity contribution in [3.8, 4) is 0 Å². The van der Waals surface area contributed by atoms with E-state index in [0.717, 1.165) is 0 Å². The Balaban J connectivity index is -0.0000000800. The van der Waals surface area contributed by atoms with Crippen LogP contribution in [0.15, 0.2) is 0 Å². The van der Waals surface area contributed by atoms with Crippen molar-refractivity contribution in [3.63, 3.8) is 0 Å². The van der Waals surface area contributed by atoms with Crippen molar-refractivity contribution in [2.75, 3.05) is 0 Å². The van der Waals surface area contributed by atoms with E-state index in [2.05, 4.69) is 0 Å². The molecule has 0 unspecified atom stereocenters. The van der Waals surface area contributed by atoms with E-state index in [1.165, 1.54) is 0 Å². The van der Waals surface area contributed by atoms with E-state index in [1.54, 1.807) is 20.8 Å². The van der Waals surface area contributed by atoms with Gasteiger partial charge in [0.05, 0.1) is 0 Å². The Kier molecular flexibility index (Phi) is 23.1. The zero-order valence-electron chi connectivity index (χ0n) is 4.30. The number of hydrogen-bond donors (Lipinski definition) is 0. The van der Waals surface area contributed by atoms with Crippen LogP contribution >= 0.6 is 24.8 Å². The van der Waals surface area contributed by atoms with Crippen molar-refractivity contribution in [2.45, 2.75) is 20.0 Å². The molecule has 0 aromatic carbocycles. The first kappa shape index (κ1) is 15.7. The minimum atomic E-state index is 0. The Morgan fingerprint density at radius 2 is 1.43 bits per heavy atom. The normalized spacial score (nSPS) is 6.57. The van der Waals surface area contributed by atoms with Crippen molar-refractivity contribution in [1.82, 2.24) is 0 Å². The molecule has 0 spiro atoms. The summed E-state index contributed by atoms with van der Waals surface area (Å²) in [7, 11) is 0. The van der Waals surface area contributed by atoms with Crippen LogP contribution in [-0.2, 0) is 24.1 Å². The topological polar surface area (TPSA) is 9.23 Å². The van der Waals surface area contributed by atoms with E-state index in [-0.39, 0.29) is 24.8 Å². The van der Waals surface area contributed by atoms with E-state index < -0.39 is 0 Å². The molecule has 0 aliphatic heterocycles. The van der Waals surface area contributed by atoms with Gasteiger partial charge in [-0.3, -0.25) is 0 Å². The molecule has 0 amide bonds. The van der Waals surface area contributed by atoms with Crippen LogP contribution in [0.1, 0.15) is 13.8 Å². The van der Waals surface area contributed by atoms with Gasteiger partial charge in [-0.2, -0.15) is 0 Å². The van der Waals surface area contributed by atoms with E-state index >= 15 is 0 Å². The Bertz CT molecular complexity index is 26.9. The smallest absolute Gasteiger partial charge is 0.147 e. The van der Waals surface area contributed by atoms with Crippen molar-refractivity contribution < 1.29 is 24.1 Å². The van der Waals surface area contributed by atoms with E-state index in [1.807, 2.05) is 13.8 Å². The van der Waals surface area contributed by atoms with Gasteiger partial charge in [0.2, 0.25) is 0 Å². The minimum absolute atomic E-state index is 0. The van der Waals surface area contributed by atoms with Gasteiger partial charge < -0.3 is 0 Å². The van der Waals surface area contributed by atoms with Crippen LogP contribution in [0.4, 0.5) is 0 Å². The average molecular weight is 180 g/mol. The molecule has 0 saturated carbocycles. The van der Waals surface area contributed by atoms with Crippen LogP contribution in [0.5, 0.6) is 0 Å². The van der Waals surface area contributed by atoms with Crippen molar-refractivity contribution in [2.24, 2.45) is 0 Å². The standard InChI is InChI=1S/C3H7O.2ClH.Ti/c1-3(2)4;;;/h3H,1-2H3;2*1H;/q-1;;;+1. The van der Waals surface area contributed by atoms with E-state index in [0.29, 0.717) is 6.10 Å². The Morgan fingerprint density at radius 1 is 1.29 bits per heavy atom. The second-order valence-electron chi connectivity index (χ2n) is 1.17. The fraction of sp³-hybridized carbons (Fsp3) is 1.00. The number of halogens is 2. The summed E-state index contributed by atoms with van der Waals surface area (Å²) < 4.78 is 4.75. The van der Waals surface area contributed by atoms with Gasteiger partial charge in [0.1, 0.15) is 0 Å². The predicted molar refractivity (Wildman–Crippen MR) is 30.7 cm³/mol. The van der Waals surface area contributed by atoms with E-state index in [4.69, 9.17) is 3.32 Å². The molecule has 0 aliphatic rings. The van der Waals surface area contributed by atoms with Crippen LogP contribution in [0.25, 0.3) is 0 Å². The maximum Gasteiger partial charge on any atom is -0.147 e. The first-order valence-electron chi connectivity index (χ1n) is 1.59. The van der Waals surface area contributed by atoms with Crippen molar-refractivity contribution in [1.29, 1.82) is 0 Å². The predicted octanol–water partition coefficient (Wildman–Crippen LogP) is 1.72. The Labute approximate surface area is 68.9 Å². The van der Waals surface area contributed by atoms with Gasteiger partial charge in [0.15, 0.2) is 0 Å². The second-order valence-corrected chi connectivity index (χ2v) is 1.53. The van der Waals surface area contributed by atoms with Crippen LogP contribution in [0.3, 0.4) is 0 Å². The maximum atomic E-state index is 4.75. The maximum absolute atomic E-state index is 4.75. The monoisotopic (exact) mass is 179 g/mol. The third-order valence-corrected chi connectivity index (χ3v) is 0.972. The number of rotatable bonds is 1. The summed E-state index contributed by atoms with van der Waals surface area (Å²) in [5.74, 6) is 0. The molecule has 0 bridgehead atoms. The number of hydrogen-bond acceptors (Lipinski definition) is 1. The van der Waals surface area contributed by atoms with Crippen LogP contribution < -0.4 is 0 Å². The molecule has 0 atom stereocenters. The molecule has 0 fully saturated rings. The summed E-state index contributed by atoms with van der Waals surface area (Å²) in [6, 6.07) is 0. The van der Waals surface area contributed by atoms with Crippen molar-refractivity contribution in [3.05, 3.63) is 0 Å². The third-order valence-electron chi connectivity index (χ3n) is 0.236. The molecule has 1 nitrogen and oxygen atoms in total. The molecular weight excluding hydrogens is 171 g/mol. The molecule has 0 N–H and O–H groups in total. The van der Waals surface area contributed by atoms with Crippen LogP contribution in [-0.4, -0.2) is 6.10 Å². The molecule has 0 radical (unpaired) electrons. The summed E-state index contributed by atoms with van der Waals surface area (Å²) in [4.78, 5) is 0. The molecule has 45 valence electrons. The van der Waals surface area contributed by atoms with Gasteiger partial charge in [0, 0.05) is 0 Å². The molecule has 7 heavy (non-hydrogen) atoms. The van der Waals surface area contributed by atoms with Gasteiger partial charge in [-0.15, -0.1) is 24.8 Å². The zero-order valence-corrected chi connectivity index (χ0v) is 7.50. The summed E-state index contributed by atoms with van der Waals surface area (Å²) in [6.07, 6.45) is 0.384. The fourth-order valence-electron chi connectivity index (χ4n) is 0. The molecule has 0 heterocycles. The second kappa shape index (κ2) is 10.3. The molecule has 4 heteroatoms. The first-order valence-corrected chi connectivity index (χ1v) is 2.23. The molecule has 0 aliphatic carbocycles. The van der Waals surface area contributed by atoms with Crippen LogP contribution in [0.2, 0.25) is 0 Å². The summed E-state index contributed by atoms with van der Waals surface area (Å²) in [6.45, 7) is 4.00. The molecule has 0 aromatic rings. The molecule has 0 rings (SSSR count). The molecular formula is C3H9Cl2OTi. The van der Waals surface area contributed by atoms with Crippen molar-refractivity contribution >= 4 is 24.8 Å². The fourth-order valence-corrected chi connectivity index (χ4v) is 0.